The van der Waals surface area contributed by atoms with Crippen molar-refractivity contribution >= 4 is 0 Å². The Morgan fingerprint density at radius 2 is 1.88 bits per heavy atom. The van der Waals surface area contributed by atoms with Gasteiger partial charge in [-0.3, -0.25) is 4.68 Å². The van der Waals surface area contributed by atoms with Crippen molar-refractivity contribution in [1.29, 1.82) is 0 Å². The number of hydrogen-bond acceptors (Lipinski definition) is 2. The standard InChI is InChI=1S/C13H22N2O/c1-8(2)12-7-14-15(13(12)9(3)4)10-5-11(16)6-10/h7-11,16H,5-6H2,1-4H3. The second-order valence-electron chi connectivity index (χ2n) is 5.52. The van der Waals surface area contributed by atoms with E-state index in [2.05, 4.69) is 37.5 Å². The van der Waals surface area contributed by atoms with E-state index in [1.165, 1.54) is 11.3 Å². The summed E-state index contributed by atoms with van der Waals surface area (Å²) < 4.78 is 2.15. The molecule has 0 bridgehead atoms. The van der Waals surface area contributed by atoms with Crippen LogP contribution in [0, 0.1) is 0 Å². The molecule has 1 aliphatic rings. The molecule has 0 aromatic carbocycles. The van der Waals surface area contributed by atoms with Crippen LogP contribution >= 0.6 is 0 Å². The molecule has 0 radical (unpaired) electrons. The number of aliphatic hydroxyl groups is 1. The zero-order valence-electron chi connectivity index (χ0n) is 10.6. The molecule has 0 spiro atoms. The van der Waals surface area contributed by atoms with Crippen molar-refractivity contribution in [3.8, 4) is 0 Å². The molecule has 90 valence electrons. The first-order chi connectivity index (χ1) is 7.50. The summed E-state index contributed by atoms with van der Waals surface area (Å²) in [5.41, 5.74) is 2.71. The Bertz CT molecular complexity index is 362. The predicted octanol–water partition coefficient (Wildman–Crippen LogP) is 2.83. The molecular formula is C13H22N2O. The molecule has 3 heteroatoms. The monoisotopic (exact) mass is 222 g/mol. The summed E-state index contributed by atoms with van der Waals surface area (Å²) in [5.74, 6) is 1.02. The van der Waals surface area contributed by atoms with Crippen LogP contribution in [0.5, 0.6) is 0 Å². The fraction of sp³-hybridized carbons (Fsp3) is 0.769. The van der Waals surface area contributed by atoms with Gasteiger partial charge in [0.2, 0.25) is 0 Å². The lowest BCUT2D eigenvalue weighted by Gasteiger charge is -2.33. The van der Waals surface area contributed by atoms with Gasteiger partial charge in [0.15, 0.2) is 0 Å². The first kappa shape index (κ1) is 11.6. The van der Waals surface area contributed by atoms with E-state index < -0.39 is 0 Å². The Balaban J connectivity index is 2.31. The Kier molecular flexibility index (Phi) is 3.06. The third-order valence-electron chi connectivity index (χ3n) is 3.47. The fourth-order valence-electron chi connectivity index (χ4n) is 2.48. The lowest BCUT2D eigenvalue weighted by Crippen LogP contribution is -2.32. The van der Waals surface area contributed by atoms with Gasteiger partial charge in [-0.15, -0.1) is 0 Å². The maximum Gasteiger partial charge on any atom is 0.0581 e. The molecule has 16 heavy (non-hydrogen) atoms. The maximum atomic E-state index is 9.38. The van der Waals surface area contributed by atoms with Gasteiger partial charge in [0.25, 0.3) is 0 Å². The lowest BCUT2D eigenvalue weighted by atomic mass is 9.88. The van der Waals surface area contributed by atoms with Crippen LogP contribution in [0.2, 0.25) is 0 Å². The molecule has 0 unspecified atom stereocenters. The third kappa shape index (κ3) is 1.88. The second-order valence-corrected chi connectivity index (χ2v) is 5.52. The summed E-state index contributed by atoms with van der Waals surface area (Å²) in [7, 11) is 0. The molecule has 1 aliphatic carbocycles. The summed E-state index contributed by atoms with van der Waals surface area (Å²) in [5, 5.41) is 13.9. The Hall–Kier alpha value is -0.830. The maximum absolute atomic E-state index is 9.38. The number of rotatable bonds is 3. The van der Waals surface area contributed by atoms with Crippen molar-refractivity contribution in [1.82, 2.24) is 9.78 Å². The summed E-state index contributed by atoms with van der Waals surface area (Å²) in [6, 6.07) is 0.417. The molecule has 1 heterocycles. The van der Waals surface area contributed by atoms with Crippen LogP contribution in [-0.2, 0) is 0 Å². The van der Waals surface area contributed by atoms with E-state index in [-0.39, 0.29) is 6.10 Å². The average Bonchev–Trinajstić information content (AvgIpc) is 2.56. The highest BCUT2D eigenvalue weighted by Gasteiger charge is 2.32. The van der Waals surface area contributed by atoms with E-state index in [4.69, 9.17) is 0 Å². The Labute approximate surface area is 97.5 Å². The third-order valence-corrected chi connectivity index (χ3v) is 3.47. The molecule has 3 nitrogen and oxygen atoms in total. The molecule has 0 atom stereocenters. The van der Waals surface area contributed by atoms with Crippen molar-refractivity contribution in [3.05, 3.63) is 17.5 Å². The highest BCUT2D eigenvalue weighted by Crippen LogP contribution is 2.36. The van der Waals surface area contributed by atoms with Gasteiger partial charge in [-0.25, -0.2) is 0 Å². The number of nitrogens with zero attached hydrogens (tertiary/aromatic N) is 2. The largest absolute Gasteiger partial charge is 0.393 e. The van der Waals surface area contributed by atoms with E-state index in [9.17, 15) is 5.11 Å². The Morgan fingerprint density at radius 3 is 2.31 bits per heavy atom. The molecule has 2 rings (SSSR count). The van der Waals surface area contributed by atoms with Gasteiger partial charge in [0.1, 0.15) is 0 Å². The van der Waals surface area contributed by atoms with Crippen LogP contribution in [0.15, 0.2) is 6.20 Å². The second kappa shape index (κ2) is 4.21. The van der Waals surface area contributed by atoms with Gasteiger partial charge in [-0.05, 0) is 30.2 Å². The summed E-state index contributed by atoms with van der Waals surface area (Å²) >= 11 is 0. The quantitative estimate of drug-likeness (QED) is 0.854. The zero-order valence-corrected chi connectivity index (χ0v) is 10.6. The summed E-state index contributed by atoms with van der Waals surface area (Å²) in [6.07, 6.45) is 3.61. The SMILES string of the molecule is CC(C)c1cnn(C2CC(O)C2)c1C(C)C. The highest BCUT2D eigenvalue weighted by atomic mass is 16.3. The molecule has 1 aromatic rings. The molecule has 1 N–H and O–H groups in total. The van der Waals surface area contributed by atoms with Crippen molar-refractivity contribution in [3.63, 3.8) is 0 Å². The predicted molar refractivity (Wildman–Crippen MR) is 64.7 cm³/mol. The summed E-state index contributed by atoms with van der Waals surface area (Å²) in [4.78, 5) is 0. The van der Waals surface area contributed by atoms with E-state index in [1.807, 2.05) is 6.20 Å². The van der Waals surface area contributed by atoms with E-state index in [0.29, 0.717) is 17.9 Å². The number of aromatic nitrogens is 2. The van der Waals surface area contributed by atoms with Gasteiger partial charge in [0.05, 0.1) is 18.3 Å². The van der Waals surface area contributed by atoms with E-state index >= 15 is 0 Å². The van der Waals surface area contributed by atoms with Crippen molar-refractivity contribution in [2.45, 2.75) is 64.5 Å². The zero-order chi connectivity index (χ0) is 11.9. The molecule has 0 aliphatic heterocycles. The minimum Gasteiger partial charge on any atom is -0.393 e. The van der Waals surface area contributed by atoms with Gasteiger partial charge in [-0.1, -0.05) is 27.7 Å². The molecule has 0 saturated heterocycles. The van der Waals surface area contributed by atoms with E-state index in [1.54, 1.807) is 0 Å². The van der Waals surface area contributed by atoms with E-state index in [0.717, 1.165) is 12.8 Å². The van der Waals surface area contributed by atoms with Crippen LogP contribution in [0.1, 0.15) is 69.7 Å². The van der Waals surface area contributed by atoms with Crippen LogP contribution in [0.25, 0.3) is 0 Å². The van der Waals surface area contributed by atoms with Gasteiger partial charge >= 0.3 is 0 Å². The normalized spacial score (nSPS) is 25.2. The first-order valence-corrected chi connectivity index (χ1v) is 6.26. The first-order valence-electron chi connectivity index (χ1n) is 6.26. The fourth-order valence-corrected chi connectivity index (χ4v) is 2.48. The van der Waals surface area contributed by atoms with Crippen molar-refractivity contribution < 1.29 is 5.11 Å². The highest BCUT2D eigenvalue weighted by molar-refractivity contribution is 5.25. The van der Waals surface area contributed by atoms with Crippen LogP contribution in [0.3, 0.4) is 0 Å². The van der Waals surface area contributed by atoms with Gasteiger partial charge in [0, 0.05) is 5.69 Å². The lowest BCUT2D eigenvalue weighted by molar-refractivity contribution is 0.0418. The van der Waals surface area contributed by atoms with Crippen LogP contribution in [-0.4, -0.2) is 21.0 Å². The average molecular weight is 222 g/mol. The minimum absolute atomic E-state index is 0.114. The minimum atomic E-state index is -0.114. The van der Waals surface area contributed by atoms with Gasteiger partial charge < -0.3 is 5.11 Å². The topological polar surface area (TPSA) is 38.0 Å². The van der Waals surface area contributed by atoms with Crippen LogP contribution in [0.4, 0.5) is 0 Å². The molecule has 1 saturated carbocycles. The number of hydrogen-bond donors (Lipinski definition) is 1. The molecular weight excluding hydrogens is 200 g/mol. The van der Waals surface area contributed by atoms with Gasteiger partial charge in [-0.2, -0.15) is 5.10 Å². The van der Waals surface area contributed by atoms with Crippen LogP contribution < -0.4 is 0 Å². The molecule has 1 fully saturated rings. The Morgan fingerprint density at radius 1 is 1.25 bits per heavy atom. The molecule has 1 aromatic heterocycles. The number of aliphatic hydroxyl groups excluding tert-OH is 1. The smallest absolute Gasteiger partial charge is 0.0581 e. The van der Waals surface area contributed by atoms with Crippen molar-refractivity contribution in [2.75, 3.05) is 0 Å². The molecule has 0 amide bonds. The van der Waals surface area contributed by atoms with Crippen molar-refractivity contribution in [2.24, 2.45) is 0 Å². The summed E-state index contributed by atoms with van der Waals surface area (Å²) in [6.45, 7) is 8.86.